The highest BCUT2D eigenvalue weighted by Gasteiger charge is 2.31. The lowest BCUT2D eigenvalue weighted by molar-refractivity contribution is -0.274. The number of ether oxygens (including phenoxy) is 1. The molecule has 2 N–H and O–H groups in total. The molecule has 34 heavy (non-hydrogen) atoms. The average Bonchev–Trinajstić information content (AvgIpc) is 2.83. The lowest BCUT2D eigenvalue weighted by Gasteiger charge is -2.36. The van der Waals surface area contributed by atoms with Crippen molar-refractivity contribution in [1.29, 1.82) is 0 Å². The Hall–Kier alpha value is -4.09. The first-order valence-corrected chi connectivity index (χ1v) is 10.4. The van der Waals surface area contributed by atoms with Crippen LogP contribution in [-0.4, -0.2) is 60.4 Å². The number of nitrogens with zero attached hydrogens (tertiary/aromatic N) is 5. The van der Waals surface area contributed by atoms with Crippen molar-refractivity contribution in [1.82, 2.24) is 20.3 Å². The predicted octanol–water partition coefficient (Wildman–Crippen LogP) is 3.20. The van der Waals surface area contributed by atoms with Crippen LogP contribution in [0.4, 0.5) is 36.4 Å². The second kappa shape index (κ2) is 9.81. The summed E-state index contributed by atoms with van der Waals surface area (Å²) in [5, 5.41) is 5.67. The minimum atomic E-state index is -4.71. The van der Waals surface area contributed by atoms with Gasteiger partial charge in [-0.15, -0.1) is 13.2 Å². The SMILES string of the molecule is CNC(=O)c1cccc(Nc2ncnc(N3CCN(c4ccc(OC(F)(F)F)cc4)CC3)n2)c1. The van der Waals surface area contributed by atoms with Gasteiger partial charge in [0, 0.05) is 50.2 Å². The Kier molecular flexibility index (Phi) is 6.66. The molecule has 1 aliphatic heterocycles. The van der Waals surface area contributed by atoms with E-state index >= 15 is 0 Å². The molecule has 178 valence electrons. The fraction of sp³-hybridized carbons (Fsp3) is 0.273. The lowest BCUT2D eigenvalue weighted by atomic mass is 10.2. The number of aromatic nitrogens is 3. The Morgan fingerprint density at radius 3 is 2.38 bits per heavy atom. The minimum absolute atomic E-state index is 0.194. The number of amides is 1. The minimum Gasteiger partial charge on any atom is -0.406 e. The van der Waals surface area contributed by atoms with Crippen LogP contribution in [0.2, 0.25) is 0 Å². The summed E-state index contributed by atoms with van der Waals surface area (Å²) in [5.74, 6) is 0.414. The average molecular weight is 473 g/mol. The summed E-state index contributed by atoms with van der Waals surface area (Å²) in [7, 11) is 1.57. The number of alkyl halides is 3. The highest BCUT2D eigenvalue weighted by atomic mass is 19.4. The molecule has 0 bridgehead atoms. The maximum Gasteiger partial charge on any atom is 0.573 e. The number of carbonyl (C=O) groups is 1. The van der Waals surface area contributed by atoms with Crippen LogP contribution in [0.15, 0.2) is 54.9 Å². The maximum atomic E-state index is 12.3. The molecular weight excluding hydrogens is 451 g/mol. The zero-order valence-electron chi connectivity index (χ0n) is 18.2. The molecule has 0 atom stereocenters. The number of carbonyl (C=O) groups excluding carboxylic acids is 1. The molecule has 0 saturated carbocycles. The van der Waals surface area contributed by atoms with Crippen LogP contribution in [0.1, 0.15) is 10.4 Å². The number of benzene rings is 2. The van der Waals surface area contributed by atoms with Gasteiger partial charge in [0.2, 0.25) is 11.9 Å². The van der Waals surface area contributed by atoms with Crippen molar-refractivity contribution < 1.29 is 22.7 Å². The van der Waals surface area contributed by atoms with Gasteiger partial charge in [-0.25, -0.2) is 9.97 Å². The number of piperazine rings is 1. The zero-order chi connectivity index (χ0) is 24.1. The van der Waals surface area contributed by atoms with Gasteiger partial charge in [0.1, 0.15) is 12.1 Å². The van der Waals surface area contributed by atoms with Crippen LogP contribution in [0.3, 0.4) is 0 Å². The van der Waals surface area contributed by atoms with Gasteiger partial charge in [-0.3, -0.25) is 4.79 Å². The van der Waals surface area contributed by atoms with E-state index in [9.17, 15) is 18.0 Å². The van der Waals surface area contributed by atoms with E-state index in [1.54, 1.807) is 43.4 Å². The van der Waals surface area contributed by atoms with Gasteiger partial charge >= 0.3 is 6.36 Å². The molecule has 3 aromatic rings. The summed E-state index contributed by atoms with van der Waals surface area (Å²) in [5.41, 5.74) is 1.99. The topological polar surface area (TPSA) is 95.5 Å². The first kappa shape index (κ1) is 23.1. The molecule has 0 aliphatic carbocycles. The highest BCUT2D eigenvalue weighted by Crippen LogP contribution is 2.26. The molecule has 1 aromatic heterocycles. The third-order valence-electron chi connectivity index (χ3n) is 5.17. The summed E-state index contributed by atoms with van der Waals surface area (Å²) < 4.78 is 40.9. The highest BCUT2D eigenvalue weighted by molar-refractivity contribution is 5.95. The van der Waals surface area contributed by atoms with Crippen molar-refractivity contribution in [2.45, 2.75) is 6.36 Å². The van der Waals surface area contributed by atoms with Gasteiger partial charge < -0.3 is 25.2 Å². The molecule has 9 nitrogen and oxygen atoms in total. The lowest BCUT2D eigenvalue weighted by Crippen LogP contribution is -2.47. The Morgan fingerprint density at radius 1 is 1.00 bits per heavy atom. The largest absolute Gasteiger partial charge is 0.573 e. The van der Waals surface area contributed by atoms with Crippen molar-refractivity contribution in [2.24, 2.45) is 0 Å². The Morgan fingerprint density at radius 2 is 1.71 bits per heavy atom. The molecule has 1 amide bonds. The molecule has 2 heterocycles. The molecule has 12 heteroatoms. The molecule has 0 unspecified atom stereocenters. The van der Waals surface area contributed by atoms with Crippen molar-refractivity contribution >= 4 is 29.2 Å². The number of hydrogen-bond donors (Lipinski definition) is 2. The maximum absolute atomic E-state index is 12.3. The van der Waals surface area contributed by atoms with Crippen LogP contribution in [0.25, 0.3) is 0 Å². The number of anilines is 4. The zero-order valence-corrected chi connectivity index (χ0v) is 18.2. The summed E-state index contributed by atoms with van der Waals surface area (Å²) >= 11 is 0. The van der Waals surface area contributed by atoms with E-state index in [0.717, 1.165) is 5.69 Å². The normalized spacial score (nSPS) is 14.0. The van der Waals surface area contributed by atoms with Crippen molar-refractivity contribution in [3.05, 3.63) is 60.4 Å². The molecular formula is C22H22F3N7O2. The van der Waals surface area contributed by atoms with Crippen molar-refractivity contribution in [2.75, 3.05) is 48.3 Å². The van der Waals surface area contributed by atoms with Gasteiger partial charge in [0.05, 0.1) is 0 Å². The van der Waals surface area contributed by atoms with Crippen LogP contribution in [0, 0.1) is 0 Å². The number of nitrogens with one attached hydrogen (secondary N) is 2. The van der Waals surface area contributed by atoms with Crippen LogP contribution in [-0.2, 0) is 0 Å². The first-order chi connectivity index (χ1) is 16.3. The summed E-state index contributed by atoms with van der Waals surface area (Å²) in [6.45, 7) is 2.52. The summed E-state index contributed by atoms with van der Waals surface area (Å²) in [6, 6.07) is 12.8. The van der Waals surface area contributed by atoms with E-state index in [2.05, 4.69) is 35.2 Å². The van der Waals surface area contributed by atoms with Crippen LogP contribution >= 0.6 is 0 Å². The van der Waals surface area contributed by atoms with E-state index in [-0.39, 0.29) is 11.7 Å². The third kappa shape index (κ3) is 5.82. The van der Waals surface area contributed by atoms with Gasteiger partial charge in [0.15, 0.2) is 0 Å². The van der Waals surface area contributed by atoms with Crippen molar-refractivity contribution in [3.8, 4) is 5.75 Å². The van der Waals surface area contributed by atoms with Gasteiger partial charge in [0.25, 0.3) is 5.91 Å². The second-order valence-corrected chi connectivity index (χ2v) is 7.41. The van der Waals surface area contributed by atoms with Crippen LogP contribution in [0.5, 0.6) is 5.75 Å². The van der Waals surface area contributed by atoms with Gasteiger partial charge in [-0.1, -0.05) is 6.07 Å². The quantitative estimate of drug-likeness (QED) is 0.564. The van der Waals surface area contributed by atoms with Crippen LogP contribution < -0.4 is 25.2 Å². The fourth-order valence-corrected chi connectivity index (χ4v) is 3.54. The van der Waals surface area contributed by atoms with E-state index < -0.39 is 6.36 Å². The van der Waals surface area contributed by atoms with E-state index in [1.807, 2.05) is 4.90 Å². The first-order valence-electron chi connectivity index (χ1n) is 10.4. The number of hydrogen-bond acceptors (Lipinski definition) is 8. The summed E-state index contributed by atoms with van der Waals surface area (Å²) in [4.78, 5) is 28.8. The standard InChI is InChI=1S/C22H22F3N7O2/c1-26-19(33)15-3-2-4-16(13-15)29-20-27-14-28-21(30-20)32-11-9-31(10-12-32)17-5-7-18(8-6-17)34-22(23,24)25/h2-8,13-14H,9-12H2,1H3,(H,26,33)(H,27,28,29,30). The van der Waals surface area contributed by atoms with Crippen molar-refractivity contribution in [3.63, 3.8) is 0 Å². The fourth-order valence-electron chi connectivity index (χ4n) is 3.54. The smallest absolute Gasteiger partial charge is 0.406 e. The summed E-state index contributed by atoms with van der Waals surface area (Å²) in [6.07, 6.45) is -3.29. The number of halogens is 3. The van der Waals surface area contributed by atoms with E-state index in [1.165, 1.54) is 18.5 Å². The molecule has 1 fully saturated rings. The predicted molar refractivity (Wildman–Crippen MR) is 120 cm³/mol. The van der Waals surface area contributed by atoms with E-state index in [4.69, 9.17) is 0 Å². The number of rotatable bonds is 6. The molecule has 4 rings (SSSR count). The Labute approximate surface area is 193 Å². The van der Waals surface area contributed by atoms with Gasteiger partial charge in [-0.05, 0) is 42.5 Å². The second-order valence-electron chi connectivity index (χ2n) is 7.41. The molecule has 1 saturated heterocycles. The Bertz CT molecular complexity index is 1130. The molecule has 0 spiro atoms. The third-order valence-corrected chi connectivity index (χ3v) is 5.17. The molecule has 0 radical (unpaired) electrons. The molecule has 2 aromatic carbocycles. The monoisotopic (exact) mass is 473 g/mol. The molecule has 1 aliphatic rings. The van der Waals surface area contributed by atoms with Gasteiger partial charge in [-0.2, -0.15) is 4.98 Å². The Balaban J connectivity index is 1.37. The van der Waals surface area contributed by atoms with E-state index in [0.29, 0.717) is 49.3 Å².